The number of nitriles is 1. The van der Waals surface area contributed by atoms with E-state index in [0.29, 0.717) is 6.07 Å². The van der Waals surface area contributed by atoms with Crippen molar-refractivity contribution in [3.8, 4) is 6.07 Å². The topological polar surface area (TPSA) is 95.3 Å². The van der Waals surface area contributed by atoms with Crippen molar-refractivity contribution in [1.82, 2.24) is 0 Å². The standard InChI is InChI=1S/C21H8F12N2O4S3/c22-18(23,24)10-3-11(19(25,26)27)6-14(5-10)41(36,37)35(16-1-2-40-17(16)9-34)42(38,39)15-7-12(20(28,29)30)4-13(8-15)21(31,32)33/h1-8H. The SMILES string of the molecule is N#Cc1sccc1N(S(=O)(=O)c1cc(C(F)(F)F)cc(C(F)(F)F)c1)S(=O)(=O)c1cc(C(F)(F)F)cc(C(F)(F)F)c1. The Morgan fingerprint density at radius 1 is 0.595 bits per heavy atom. The molecule has 0 fully saturated rings. The minimum Gasteiger partial charge on any atom is -0.200 e. The largest absolute Gasteiger partial charge is 0.416 e. The first-order valence-electron chi connectivity index (χ1n) is 10.2. The zero-order valence-electron chi connectivity index (χ0n) is 19.4. The Bertz CT molecular complexity index is 1610. The van der Waals surface area contributed by atoms with E-state index in [9.17, 15) is 74.8 Å². The zero-order valence-corrected chi connectivity index (χ0v) is 21.9. The lowest BCUT2D eigenvalue weighted by Gasteiger charge is -2.25. The predicted molar refractivity (Wildman–Crippen MR) is 119 cm³/mol. The number of benzene rings is 2. The summed E-state index contributed by atoms with van der Waals surface area (Å²) in [4.78, 5) is -4.94. The number of sulfonamides is 2. The molecule has 3 rings (SSSR count). The van der Waals surface area contributed by atoms with Gasteiger partial charge >= 0.3 is 24.7 Å². The van der Waals surface area contributed by atoms with Crippen molar-refractivity contribution in [2.24, 2.45) is 0 Å². The maximum atomic E-state index is 13.5. The third-order valence-corrected chi connectivity index (χ3v) is 10.0. The van der Waals surface area contributed by atoms with Crippen LogP contribution in [0, 0.1) is 11.3 Å². The lowest BCUT2D eigenvalue weighted by Crippen LogP contribution is -2.38. The van der Waals surface area contributed by atoms with E-state index in [0.717, 1.165) is 5.38 Å². The molecule has 228 valence electrons. The second-order valence-electron chi connectivity index (χ2n) is 7.94. The summed E-state index contributed by atoms with van der Waals surface area (Å²) in [6, 6.07) is -1.00. The zero-order chi connectivity index (χ0) is 32.3. The van der Waals surface area contributed by atoms with Crippen LogP contribution in [0.3, 0.4) is 0 Å². The van der Waals surface area contributed by atoms with Gasteiger partial charge in [0.1, 0.15) is 10.9 Å². The van der Waals surface area contributed by atoms with Crippen molar-refractivity contribution < 1.29 is 69.5 Å². The molecule has 42 heavy (non-hydrogen) atoms. The molecule has 0 aliphatic carbocycles. The van der Waals surface area contributed by atoms with Crippen LogP contribution < -0.4 is 3.71 Å². The van der Waals surface area contributed by atoms with Gasteiger partial charge in [0.15, 0.2) is 0 Å². The molecule has 6 nitrogen and oxygen atoms in total. The molecule has 0 spiro atoms. The van der Waals surface area contributed by atoms with Gasteiger partial charge in [0.2, 0.25) is 0 Å². The Morgan fingerprint density at radius 3 is 1.17 bits per heavy atom. The van der Waals surface area contributed by atoms with E-state index in [1.165, 1.54) is 6.07 Å². The number of nitrogens with zero attached hydrogens (tertiary/aromatic N) is 2. The van der Waals surface area contributed by atoms with Crippen LogP contribution in [0.5, 0.6) is 0 Å². The van der Waals surface area contributed by atoms with Gasteiger partial charge in [-0.25, -0.2) is 16.8 Å². The van der Waals surface area contributed by atoms with Gasteiger partial charge in [-0.15, -0.1) is 11.3 Å². The lowest BCUT2D eigenvalue weighted by molar-refractivity contribution is -0.145. The van der Waals surface area contributed by atoms with Crippen LogP contribution in [-0.4, -0.2) is 16.8 Å². The molecule has 0 aliphatic rings. The van der Waals surface area contributed by atoms with Crippen LogP contribution in [0.1, 0.15) is 27.1 Å². The van der Waals surface area contributed by atoms with Gasteiger partial charge in [0, 0.05) is 0 Å². The number of rotatable bonds is 5. The summed E-state index contributed by atoms with van der Waals surface area (Å²) in [5.74, 6) is 0. The summed E-state index contributed by atoms with van der Waals surface area (Å²) >= 11 is 0.278. The van der Waals surface area contributed by atoms with Crippen molar-refractivity contribution in [3.63, 3.8) is 0 Å². The van der Waals surface area contributed by atoms with Crippen LogP contribution in [0.4, 0.5) is 58.4 Å². The maximum absolute atomic E-state index is 13.5. The summed E-state index contributed by atoms with van der Waals surface area (Å²) in [5.41, 5.74) is -10.3. The highest BCUT2D eigenvalue weighted by molar-refractivity contribution is 8.10. The second kappa shape index (κ2) is 10.3. The quantitative estimate of drug-likeness (QED) is 0.265. The van der Waals surface area contributed by atoms with Crippen molar-refractivity contribution >= 4 is 37.1 Å². The molecule has 0 radical (unpaired) electrons. The van der Waals surface area contributed by atoms with Crippen LogP contribution in [0.15, 0.2) is 57.6 Å². The number of alkyl halides is 12. The van der Waals surface area contributed by atoms with Crippen molar-refractivity contribution in [2.75, 3.05) is 3.71 Å². The molecule has 1 heterocycles. The molecule has 0 unspecified atom stereocenters. The summed E-state index contributed by atoms with van der Waals surface area (Å²) in [7, 11) is -12.6. The van der Waals surface area contributed by atoms with Crippen molar-refractivity contribution in [3.05, 3.63) is 75.0 Å². The molecule has 0 amide bonds. The number of hydrogen-bond donors (Lipinski definition) is 0. The lowest BCUT2D eigenvalue weighted by atomic mass is 10.1. The maximum Gasteiger partial charge on any atom is 0.416 e. The average molecular weight is 676 g/mol. The minimum atomic E-state index is -6.29. The molecular weight excluding hydrogens is 668 g/mol. The fourth-order valence-corrected chi connectivity index (χ4v) is 7.90. The van der Waals surface area contributed by atoms with Gasteiger partial charge in [-0.3, -0.25) is 0 Å². The molecule has 0 bridgehead atoms. The van der Waals surface area contributed by atoms with E-state index in [1.54, 1.807) is 0 Å². The summed E-state index contributed by atoms with van der Waals surface area (Å²) in [5, 5.41) is 10.1. The molecule has 0 saturated heterocycles. The highest BCUT2D eigenvalue weighted by atomic mass is 32.3. The van der Waals surface area contributed by atoms with Crippen molar-refractivity contribution in [1.29, 1.82) is 5.26 Å². The fraction of sp³-hybridized carbons (Fsp3) is 0.190. The normalized spacial score (nSPS) is 13.6. The van der Waals surface area contributed by atoms with E-state index in [2.05, 4.69) is 0 Å². The number of anilines is 1. The Hall–Kier alpha value is -3.51. The first-order valence-corrected chi connectivity index (χ1v) is 13.9. The molecule has 21 heteroatoms. The molecule has 3 aromatic rings. The minimum absolute atomic E-state index is 0.278. The summed E-state index contributed by atoms with van der Waals surface area (Å²) < 4.78 is 214. The van der Waals surface area contributed by atoms with E-state index in [-0.39, 0.29) is 11.3 Å². The van der Waals surface area contributed by atoms with E-state index in [4.69, 9.17) is 0 Å². The van der Waals surface area contributed by atoms with Gasteiger partial charge < -0.3 is 0 Å². The Balaban J connectivity index is 2.48. The van der Waals surface area contributed by atoms with Gasteiger partial charge in [-0.1, -0.05) is 0 Å². The van der Waals surface area contributed by atoms with Crippen molar-refractivity contribution in [2.45, 2.75) is 34.5 Å². The Morgan fingerprint density at radius 2 is 0.905 bits per heavy atom. The molecule has 0 aliphatic heterocycles. The molecule has 1 aromatic heterocycles. The number of thiophene rings is 1. The molecule has 2 aromatic carbocycles. The van der Waals surface area contributed by atoms with Crippen LogP contribution in [0.25, 0.3) is 0 Å². The third-order valence-electron chi connectivity index (χ3n) is 5.10. The van der Waals surface area contributed by atoms with Crippen LogP contribution in [-0.2, 0) is 44.8 Å². The monoisotopic (exact) mass is 676 g/mol. The van der Waals surface area contributed by atoms with Gasteiger partial charge in [0.25, 0.3) is 20.0 Å². The third kappa shape index (κ3) is 6.44. The summed E-state index contributed by atoms with van der Waals surface area (Å²) in [6.45, 7) is 0. The molecule has 0 saturated carbocycles. The summed E-state index contributed by atoms with van der Waals surface area (Å²) in [6.07, 6.45) is -22.6. The van der Waals surface area contributed by atoms with E-state index < -0.39 is 127 Å². The fourth-order valence-electron chi connectivity index (χ4n) is 3.26. The van der Waals surface area contributed by atoms with E-state index >= 15 is 0 Å². The first kappa shape index (κ1) is 33.0. The Labute approximate surface area is 231 Å². The molecular formula is C21H8F12N2O4S3. The number of halogens is 12. The highest BCUT2D eigenvalue weighted by Crippen LogP contribution is 2.43. The van der Waals surface area contributed by atoms with Crippen LogP contribution in [0.2, 0.25) is 0 Å². The van der Waals surface area contributed by atoms with Gasteiger partial charge in [0.05, 0.1) is 37.7 Å². The number of hydrogen-bond acceptors (Lipinski definition) is 6. The van der Waals surface area contributed by atoms with Crippen LogP contribution >= 0.6 is 11.3 Å². The van der Waals surface area contributed by atoms with E-state index in [1.807, 2.05) is 0 Å². The average Bonchev–Trinajstić information content (AvgIpc) is 3.28. The first-order chi connectivity index (χ1) is 18.8. The smallest absolute Gasteiger partial charge is 0.200 e. The highest BCUT2D eigenvalue weighted by Gasteiger charge is 2.45. The molecule has 0 N–H and O–H groups in total. The predicted octanol–water partition coefficient (Wildman–Crippen LogP) is 7.28. The second-order valence-corrected chi connectivity index (χ2v) is 12.7. The Kier molecular flexibility index (Phi) is 8.12. The molecule has 0 atom stereocenters. The van der Waals surface area contributed by atoms with Gasteiger partial charge in [-0.05, 0) is 47.8 Å². The van der Waals surface area contributed by atoms with Gasteiger partial charge in [-0.2, -0.15) is 61.7 Å².